The van der Waals surface area contributed by atoms with Gasteiger partial charge in [-0.25, -0.2) is 8.42 Å². The monoisotopic (exact) mass is 331 g/mol. The molecule has 0 aliphatic heterocycles. The lowest BCUT2D eigenvalue weighted by atomic mass is 9.99. The molecule has 0 radical (unpaired) electrons. The van der Waals surface area contributed by atoms with Crippen LogP contribution in [0.4, 0.5) is 0 Å². The molecule has 2 N–H and O–H groups in total. The highest BCUT2D eigenvalue weighted by Crippen LogP contribution is 2.63. The maximum Gasteiger partial charge on any atom is 0.315 e. The van der Waals surface area contributed by atoms with Crippen molar-refractivity contribution in [2.75, 3.05) is 19.4 Å². The van der Waals surface area contributed by atoms with Gasteiger partial charge in [0, 0.05) is 23.7 Å². The molecule has 0 unspecified atom stereocenters. The maximum atomic E-state index is 12.3. The topological polar surface area (TPSA) is 86.5 Å². The van der Waals surface area contributed by atoms with Crippen LogP contribution in [-0.2, 0) is 19.4 Å². The fraction of sp³-hybridized carbons (Fsp3) is 0.500. The Hall–Kier alpha value is -1.11. The zero-order chi connectivity index (χ0) is 15.8. The number of esters is 1. The summed E-state index contributed by atoms with van der Waals surface area (Å²) in [6, 6.07) is 6.84. The number of carbonyl (C=O) groups excluding carboxylic acids is 1. The van der Waals surface area contributed by atoms with Crippen LogP contribution < -0.4 is 5.73 Å². The molecule has 2 rings (SSSR count). The first-order valence-corrected chi connectivity index (χ1v) is 8.94. The van der Waals surface area contributed by atoms with Crippen LogP contribution in [0, 0.1) is 5.41 Å². The molecular formula is C14H18ClNO4S. The molecule has 1 aliphatic rings. The number of hydrogen-bond acceptors (Lipinski definition) is 5. The number of halogens is 1. The zero-order valence-electron chi connectivity index (χ0n) is 11.9. The second kappa shape index (κ2) is 5.59. The summed E-state index contributed by atoms with van der Waals surface area (Å²) in [5.41, 5.74) is 5.23. The molecule has 0 aromatic heterocycles. The third-order valence-electron chi connectivity index (χ3n) is 3.92. The Labute approximate surface area is 129 Å². The van der Waals surface area contributed by atoms with Crippen LogP contribution in [0.5, 0.6) is 0 Å². The summed E-state index contributed by atoms with van der Waals surface area (Å²) in [7, 11) is -3.45. The molecule has 1 fully saturated rings. The van der Waals surface area contributed by atoms with Gasteiger partial charge in [0.25, 0.3) is 0 Å². The van der Waals surface area contributed by atoms with Crippen molar-refractivity contribution < 1.29 is 17.9 Å². The number of nitrogens with two attached hydrogens (primary N) is 1. The van der Waals surface area contributed by atoms with E-state index < -0.39 is 32.4 Å². The van der Waals surface area contributed by atoms with Gasteiger partial charge in [-0.05, 0) is 24.6 Å². The number of ether oxygens (including phenoxy) is 1. The molecule has 3 atom stereocenters. The van der Waals surface area contributed by atoms with Gasteiger partial charge >= 0.3 is 5.97 Å². The Balaban J connectivity index is 2.50. The molecule has 1 aromatic rings. The second-order valence-electron chi connectivity index (χ2n) is 5.25. The lowest BCUT2D eigenvalue weighted by Crippen LogP contribution is -2.33. The molecule has 116 valence electrons. The van der Waals surface area contributed by atoms with Gasteiger partial charge in [-0.2, -0.15) is 0 Å². The van der Waals surface area contributed by atoms with Crippen molar-refractivity contribution in [1.82, 2.24) is 0 Å². The van der Waals surface area contributed by atoms with Crippen LogP contribution in [0.1, 0.15) is 18.4 Å². The molecule has 0 spiro atoms. The standard InChI is InChI=1S/C14H18ClNO4S/c1-3-20-13(17)14(8-16)11(12(14)21(2,18)19)9-5-4-6-10(15)7-9/h4-7,11-12H,3,8,16H2,1-2H3/t11-,12+,14-/m1/s1. The first kappa shape index (κ1) is 16.3. The molecule has 0 saturated heterocycles. The average molecular weight is 332 g/mol. The molecule has 0 heterocycles. The zero-order valence-corrected chi connectivity index (χ0v) is 13.4. The van der Waals surface area contributed by atoms with E-state index in [0.717, 1.165) is 6.26 Å². The van der Waals surface area contributed by atoms with Gasteiger partial charge < -0.3 is 10.5 Å². The van der Waals surface area contributed by atoms with Crippen molar-refractivity contribution >= 4 is 27.4 Å². The number of sulfone groups is 1. The Kier molecular flexibility index (Phi) is 4.33. The van der Waals surface area contributed by atoms with Crippen molar-refractivity contribution in [2.45, 2.75) is 18.1 Å². The van der Waals surface area contributed by atoms with E-state index in [1.807, 2.05) is 0 Å². The highest BCUT2D eigenvalue weighted by atomic mass is 35.5. The fourth-order valence-corrected chi connectivity index (χ4v) is 5.16. The third-order valence-corrected chi connectivity index (χ3v) is 5.77. The number of rotatable bonds is 5. The summed E-state index contributed by atoms with van der Waals surface area (Å²) in [4.78, 5) is 12.3. The van der Waals surface area contributed by atoms with Crippen LogP contribution in [0.25, 0.3) is 0 Å². The second-order valence-corrected chi connectivity index (χ2v) is 7.85. The van der Waals surface area contributed by atoms with Gasteiger partial charge in [-0.15, -0.1) is 0 Å². The van der Waals surface area contributed by atoms with E-state index >= 15 is 0 Å². The largest absolute Gasteiger partial charge is 0.465 e. The quantitative estimate of drug-likeness (QED) is 0.823. The lowest BCUT2D eigenvalue weighted by molar-refractivity contribution is -0.149. The SMILES string of the molecule is CCOC(=O)[C@]1(CN)[C@H](c2cccc(Cl)c2)[C@@H]1S(C)(=O)=O. The molecule has 0 amide bonds. The number of benzene rings is 1. The number of carbonyl (C=O) groups is 1. The van der Waals surface area contributed by atoms with Crippen LogP contribution in [0.3, 0.4) is 0 Å². The Morgan fingerprint density at radius 3 is 2.62 bits per heavy atom. The average Bonchev–Trinajstić information content (AvgIpc) is 3.09. The van der Waals surface area contributed by atoms with Crippen LogP contribution in [0.2, 0.25) is 5.02 Å². The van der Waals surface area contributed by atoms with E-state index in [0.29, 0.717) is 10.6 Å². The number of hydrogen-bond donors (Lipinski definition) is 1. The minimum atomic E-state index is -3.45. The van der Waals surface area contributed by atoms with E-state index in [-0.39, 0.29) is 13.2 Å². The molecule has 1 aliphatic carbocycles. The van der Waals surface area contributed by atoms with E-state index in [1.54, 1.807) is 31.2 Å². The first-order chi connectivity index (χ1) is 9.79. The van der Waals surface area contributed by atoms with Gasteiger partial charge in [0.15, 0.2) is 9.84 Å². The van der Waals surface area contributed by atoms with Crippen LogP contribution in [0.15, 0.2) is 24.3 Å². The van der Waals surface area contributed by atoms with E-state index in [2.05, 4.69) is 0 Å². The van der Waals surface area contributed by atoms with Gasteiger partial charge in [0.2, 0.25) is 0 Å². The Morgan fingerprint density at radius 1 is 1.48 bits per heavy atom. The van der Waals surface area contributed by atoms with Gasteiger partial charge in [0.1, 0.15) is 5.41 Å². The highest BCUT2D eigenvalue weighted by molar-refractivity contribution is 7.91. The third kappa shape index (κ3) is 2.67. The van der Waals surface area contributed by atoms with Crippen LogP contribution >= 0.6 is 11.6 Å². The minimum Gasteiger partial charge on any atom is -0.465 e. The Bertz CT molecular complexity index is 661. The minimum absolute atomic E-state index is 0.0826. The van der Waals surface area contributed by atoms with Crippen molar-refractivity contribution in [3.8, 4) is 0 Å². The molecule has 1 saturated carbocycles. The predicted octanol–water partition coefficient (Wildman–Crippen LogP) is 1.36. The van der Waals surface area contributed by atoms with E-state index in [4.69, 9.17) is 22.1 Å². The summed E-state index contributed by atoms with van der Waals surface area (Å²) in [5.74, 6) is -1.08. The molecule has 7 heteroatoms. The van der Waals surface area contributed by atoms with E-state index in [1.165, 1.54) is 0 Å². The lowest BCUT2D eigenvalue weighted by Gasteiger charge is -2.14. The van der Waals surface area contributed by atoms with Crippen molar-refractivity contribution in [3.05, 3.63) is 34.9 Å². The van der Waals surface area contributed by atoms with Crippen molar-refractivity contribution in [3.63, 3.8) is 0 Å². The molecule has 21 heavy (non-hydrogen) atoms. The predicted molar refractivity (Wildman–Crippen MR) is 80.9 cm³/mol. The van der Waals surface area contributed by atoms with Gasteiger partial charge in [-0.3, -0.25) is 4.79 Å². The van der Waals surface area contributed by atoms with Crippen LogP contribution in [-0.4, -0.2) is 39.0 Å². The summed E-state index contributed by atoms with van der Waals surface area (Å²) in [5, 5.41) is -0.381. The highest BCUT2D eigenvalue weighted by Gasteiger charge is 2.74. The van der Waals surface area contributed by atoms with Crippen molar-refractivity contribution in [1.29, 1.82) is 0 Å². The maximum absolute atomic E-state index is 12.3. The Morgan fingerprint density at radius 2 is 2.14 bits per heavy atom. The van der Waals surface area contributed by atoms with E-state index in [9.17, 15) is 13.2 Å². The molecule has 1 aromatic carbocycles. The van der Waals surface area contributed by atoms with Gasteiger partial charge in [-0.1, -0.05) is 23.7 Å². The normalized spacial score (nSPS) is 28.2. The molecule has 0 bridgehead atoms. The molecule has 5 nitrogen and oxygen atoms in total. The van der Waals surface area contributed by atoms with Crippen molar-refractivity contribution in [2.24, 2.45) is 11.1 Å². The molecular weight excluding hydrogens is 314 g/mol. The summed E-state index contributed by atoms with van der Waals surface area (Å²) >= 11 is 5.96. The fourth-order valence-electron chi connectivity index (χ4n) is 3.04. The summed E-state index contributed by atoms with van der Waals surface area (Å²) < 4.78 is 29.1. The summed E-state index contributed by atoms with van der Waals surface area (Å²) in [6.07, 6.45) is 1.12. The smallest absolute Gasteiger partial charge is 0.315 e. The summed E-state index contributed by atoms with van der Waals surface area (Å²) in [6.45, 7) is 1.77. The first-order valence-electron chi connectivity index (χ1n) is 6.60. The van der Waals surface area contributed by atoms with Gasteiger partial charge in [0.05, 0.1) is 11.9 Å².